The maximum atomic E-state index is 12.3. The van der Waals surface area contributed by atoms with Gasteiger partial charge in [-0.2, -0.15) is 0 Å². The zero-order valence-electron chi connectivity index (χ0n) is 14.9. The van der Waals surface area contributed by atoms with Crippen LogP contribution in [0.25, 0.3) is 11.3 Å². The molecule has 0 saturated heterocycles. The highest BCUT2D eigenvalue weighted by molar-refractivity contribution is 7.80. The van der Waals surface area contributed by atoms with Gasteiger partial charge in [0.1, 0.15) is 5.76 Å². The van der Waals surface area contributed by atoms with Crippen molar-refractivity contribution in [3.8, 4) is 11.3 Å². The summed E-state index contributed by atoms with van der Waals surface area (Å²) in [4.78, 5) is 33.9. The molecule has 30 heavy (non-hydrogen) atoms. The minimum absolute atomic E-state index is 0.00163. The van der Waals surface area contributed by atoms with E-state index in [1.807, 2.05) is 0 Å². The quantitative estimate of drug-likeness (QED) is 0.300. The molecule has 1 aromatic heterocycles. The number of carbonyl (C=O) groups excluding carboxylic acids is 1. The molecule has 0 spiro atoms. The summed E-state index contributed by atoms with van der Waals surface area (Å²) in [5.74, 6) is -1.80. The Labute approximate surface area is 179 Å². The monoisotopic (exact) mass is 445 g/mol. The lowest BCUT2D eigenvalue weighted by Crippen LogP contribution is -2.33. The molecule has 1 amide bonds. The van der Waals surface area contributed by atoms with Gasteiger partial charge in [-0.15, -0.1) is 0 Å². The molecule has 0 unspecified atom stereocenters. The molecule has 3 N–H and O–H groups in total. The van der Waals surface area contributed by atoms with Gasteiger partial charge in [0.15, 0.2) is 10.9 Å². The number of hydrogen-bond donors (Lipinski definition) is 3. The van der Waals surface area contributed by atoms with E-state index < -0.39 is 16.8 Å². The molecule has 0 aliphatic carbocycles. The molecule has 0 saturated carbocycles. The van der Waals surface area contributed by atoms with Gasteiger partial charge in [0.25, 0.3) is 11.6 Å². The van der Waals surface area contributed by atoms with E-state index in [9.17, 15) is 19.7 Å². The van der Waals surface area contributed by atoms with Crippen molar-refractivity contribution in [1.29, 1.82) is 0 Å². The molecule has 11 heteroatoms. The molecule has 0 radical (unpaired) electrons. The number of benzene rings is 2. The Hall–Kier alpha value is -3.76. The highest BCUT2D eigenvalue weighted by atomic mass is 35.5. The molecule has 3 rings (SSSR count). The van der Waals surface area contributed by atoms with Crippen LogP contribution in [0, 0.1) is 10.1 Å². The molecule has 1 heterocycles. The van der Waals surface area contributed by atoms with Crippen molar-refractivity contribution in [2.45, 2.75) is 0 Å². The Bertz CT molecular complexity index is 1180. The van der Waals surface area contributed by atoms with Gasteiger partial charge in [0.05, 0.1) is 21.1 Å². The summed E-state index contributed by atoms with van der Waals surface area (Å²) in [5.41, 5.74) is 0.374. The fraction of sp³-hybridized carbons (Fsp3) is 0. The first-order valence-corrected chi connectivity index (χ1v) is 9.03. The van der Waals surface area contributed by atoms with E-state index in [2.05, 4.69) is 10.6 Å². The summed E-state index contributed by atoms with van der Waals surface area (Å²) in [6.07, 6.45) is 0. The van der Waals surface area contributed by atoms with Gasteiger partial charge in [-0.3, -0.25) is 20.2 Å². The number of nitro groups is 1. The molecule has 152 valence electrons. The minimum Gasteiger partial charge on any atom is -0.478 e. The number of anilines is 1. The average Bonchev–Trinajstić information content (AvgIpc) is 3.18. The van der Waals surface area contributed by atoms with Crippen molar-refractivity contribution < 1.29 is 24.0 Å². The molecule has 0 fully saturated rings. The lowest BCUT2D eigenvalue weighted by atomic mass is 10.1. The van der Waals surface area contributed by atoms with Gasteiger partial charge < -0.3 is 14.8 Å². The number of hydrogen-bond acceptors (Lipinski definition) is 6. The Morgan fingerprint density at radius 3 is 2.53 bits per heavy atom. The molecule has 0 aliphatic heterocycles. The fourth-order valence-electron chi connectivity index (χ4n) is 2.54. The summed E-state index contributed by atoms with van der Waals surface area (Å²) < 4.78 is 5.44. The maximum absolute atomic E-state index is 12.3. The minimum atomic E-state index is -1.17. The molecule has 9 nitrogen and oxygen atoms in total. The number of rotatable bonds is 5. The van der Waals surface area contributed by atoms with Crippen LogP contribution in [-0.2, 0) is 0 Å². The predicted octanol–water partition coefficient (Wildman–Crippen LogP) is 4.33. The number of thiocarbonyl (C=S) groups is 1. The Balaban J connectivity index is 1.70. The summed E-state index contributed by atoms with van der Waals surface area (Å²) in [7, 11) is 0. The van der Waals surface area contributed by atoms with Crippen LogP contribution in [0.15, 0.2) is 59.0 Å². The molecule has 3 aromatic rings. The lowest BCUT2D eigenvalue weighted by molar-refractivity contribution is -0.384. The number of carboxylic acids is 1. The zero-order chi connectivity index (χ0) is 21.8. The van der Waals surface area contributed by atoms with Crippen LogP contribution >= 0.6 is 23.8 Å². The number of carbonyl (C=O) groups is 2. The molecule has 0 aliphatic rings. The summed E-state index contributed by atoms with van der Waals surface area (Å²) >= 11 is 11.0. The standard InChI is InChI=1S/C19H12ClN3O6S/c20-13-9-10(5-6-11(13)18(25)26)21-19(30)22-17(24)16-8-7-15(29-16)12-3-1-2-4-14(12)23(27)28/h1-9H,(H,25,26)(H2,21,22,24,30). The van der Waals surface area contributed by atoms with Crippen molar-refractivity contribution in [2.75, 3.05) is 5.32 Å². The number of nitro benzene ring substituents is 1. The van der Waals surface area contributed by atoms with Gasteiger partial charge in [0.2, 0.25) is 0 Å². The van der Waals surface area contributed by atoms with Crippen LogP contribution in [0.1, 0.15) is 20.9 Å². The van der Waals surface area contributed by atoms with Crippen LogP contribution in [0.4, 0.5) is 11.4 Å². The summed E-state index contributed by atoms with van der Waals surface area (Å²) in [6, 6.07) is 12.9. The first-order chi connectivity index (χ1) is 14.3. The van der Waals surface area contributed by atoms with Crippen molar-refractivity contribution in [2.24, 2.45) is 0 Å². The lowest BCUT2D eigenvalue weighted by Gasteiger charge is -2.09. The van der Waals surface area contributed by atoms with E-state index in [4.69, 9.17) is 33.3 Å². The number of nitrogens with zero attached hydrogens (tertiary/aromatic N) is 1. The molecular weight excluding hydrogens is 434 g/mol. The van der Waals surface area contributed by atoms with Crippen molar-refractivity contribution >= 4 is 52.2 Å². The largest absolute Gasteiger partial charge is 0.478 e. The van der Waals surface area contributed by atoms with Crippen LogP contribution in [0.5, 0.6) is 0 Å². The third-order valence-electron chi connectivity index (χ3n) is 3.88. The smallest absolute Gasteiger partial charge is 0.337 e. The molecular formula is C19H12ClN3O6S. The third kappa shape index (κ3) is 4.62. The Morgan fingerprint density at radius 2 is 1.87 bits per heavy atom. The Kier molecular flexibility index (Phi) is 6.09. The number of carboxylic acid groups (broad SMARTS) is 1. The van der Waals surface area contributed by atoms with Gasteiger partial charge in [-0.1, -0.05) is 23.7 Å². The number of aromatic carboxylic acids is 1. The number of para-hydroxylation sites is 1. The van der Waals surface area contributed by atoms with Gasteiger partial charge in [-0.05, 0) is 48.6 Å². The van der Waals surface area contributed by atoms with E-state index in [1.165, 1.54) is 48.5 Å². The Morgan fingerprint density at radius 1 is 1.13 bits per heavy atom. The molecule has 0 bridgehead atoms. The van der Waals surface area contributed by atoms with E-state index in [-0.39, 0.29) is 38.5 Å². The number of furan rings is 1. The van der Waals surface area contributed by atoms with E-state index in [0.717, 1.165) is 0 Å². The fourth-order valence-corrected chi connectivity index (χ4v) is 3.01. The number of nitrogens with one attached hydrogen (secondary N) is 2. The summed E-state index contributed by atoms with van der Waals surface area (Å²) in [6.45, 7) is 0. The van der Waals surface area contributed by atoms with Crippen LogP contribution in [-0.4, -0.2) is 27.0 Å². The number of amides is 1. The van der Waals surface area contributed by atoms with Crippen LogP contribution in [0.2, 0.25) is 5.02 Å². The average molecular weight is 446 g/mol. The highest BCUT2D eigenvalue weighted by Gasteiger charge is 2.20. The van der Waals surface area contributed by atoms with Crippen molar-refractivity contribution in [3.05, 3.63) is 81.1 Å². The third-order valence-corrected chi connectivity index (χ3v) is 4.40. The van der Waals surface area contributed by atoms with Crippen molar-refractivity contribution in [3.63, 3.8) is 0 Å². The van der Waals surface area contributed by atoms with Gasteiger partial charge >= 0.3 is 5.97 Å². The second-order valence-electron chi connectivity index (χ2n) is 5.85. The maximum Gasteiger partial charge on any atom is 0.337 e. The zero-order valence-corrected chi connectivity index (χ0v) is 16.5. The normalized spacial score (nSPS) is 10.3. The first-order valence-electron chi connectivity index (χ1n) is 8.25. The SMILES string of the molecule is O=C(NC(=S)Nc1ccc(C(=O)O)c(Cl)c1)c1ccc(-c2ccccc2[N+](=O)[O-])o1. The van der Waals surface area contributed by atoms with Crippen LogP contribution in [0.3, 0.4) is 0 Å². The van der Waals surface area contributed by atoms with Gasteiger partial charge in [-0.25, -0.2) is 4.79 Å². The number of halogens is 1. The van der Waals surface area contributed by atoms with E-state index in [0.29, 0.717) is 5.69 Å². The second-order valence-corrected chi connectivity index (χ2v) is 6.66. The first kappa shape index (κ1) is 21.0. The van der Waals surface area contributed by atoms with Crippen LogP contribution < -0.4 is 10.6 Å². The van der Waals surface area contributed by atoms with Crippen molar-refractivity contribution in [1.82, 2.24) is 5.32 Å². The topological polar surface area (TPSA) is 135 Å². The second kappa shape index (κ2) is 8.72. The molecule has 2 aromatic carbocycles. The van der Waals surface area contributed by atoms with E-state index in [1.54, 1.807) is 6.07 Å². The predicted molar refractivity (Wildman–Crippen MR) is 113 cm³/mol. The van der Waals surface area contributed by atoms with E-state index >= 15 is 0 Å². The molecule has 0 atom stereocenters. The summed E-state index contributed by atoms with van der Waals surface area (Å²) in [5, 5.41) is 25.2. The van der Waals surface area contributed by atoms with Gasteiger partial charge in [0, 0.05) is 11.8 Å². The highest BCUT2D eigenvalue weighted by Crippen LogP contribution is 2.30.